The first-order valence-electron chi connectivity index (χ1n) is 10.6. The fourth-order valence-corrected chi connectivity index (χ4v) is 4.35. The molecule has 1 aromatic carbocycles. The first-order chi connectivity index (χ1) is 15.1. The summed E-state index contributed by atoms with van der Waals surface area (Å²) in [7, 11) is 1.97. The number of rotatable bonds is 6. The van der Waals surface area contributed by atoms with Crippen molar-refractivity contribution in [2.24, 2.45) is 12.0 Å². The average molecular weight is 440 g/mol. The van der Waals surface area contributed by atoms with Gasteiger partial charge in [-0.1, -0.05) is 18.2 Å². The third kappa shape index (κ3) is 5.16. The van der Waals surface area contributed by atoms with Crippen LogP contribution in [0.2, 0.25) is 0 Å². The molecule has 2 N–H and O–H groups in total. The molecule has 1 aliphatic heterocycles. The second-order valence-corrected chi connectivity index (χ2v) is 8.61. The lowest BCUT2D eigenvalue weighted by atomic mass is 10.2. The van der Waals surface area contributed by atoms with E-state index in [0.717, 1.165) is 62.4 Å². The van der Waals surface area contributed by atoms with Gasteiger partial charge in [-0.25, -0.2) is 4.99 Å². The molecule has 0 atom stereocenters. The molecule has 3 heterocycles. The molecule has 164 valence electrons. The highest BCUT2D eigenvalue weighted by Gasteiger charge is 2.21. The topological polar surface area (TPSA) is 81.8 Å². The minimum absolute atomic E-state index is 0.330. The number of hydrogen-bond acceptors (Lipinski definition) is 6. The van der Waals surface area contributed by atoms with E-state index in [0.29, 0.717) is 12.3 Å². The van der Waals surface area contributed by atoms with Gasteiger partial charge in [0.15, 0.2) is 11.8 Å². The molecular weight excluding hydrogens is 410 g/mol. The van der Waals surface area contributed by atoms with Crippen LogP contribution >= 0.6 is 11.3 Å². The van der Waals surface area contributed by atoms with Crippen LogP contribution in [-0.4, -0.2) is 63.5 Å². The predicted molar refractivity (Wildman–Crippen MR) is 125 cm³/mol. The van der Waals surface area contributed by atoms with Crippen molar-refractivity contribution >= 4 is 23.0 Å². The summed E-state index contributed by atoms with van der Waals surface area (Å²) in [5, 5.41) is 24.2. The molecule has 0 aliphatic carbocycles. The van der Waals surface area contributed by atoms with Gasteiger partial charge in [-0.2, -0.15) is 0 Å². The number of aromatic nitrogens is 3. The normalized spacial score (nSPS) is 14.8. The van der Waals surface area contributed by atoms with Crippen LogP contribution in [-0.2, 0) is 20.0 Å². The highest BCUT2D eigenvalue weighted by Crippen LogP contribution is 2.27. The number of nitrogens with zero attached hydrogens (tertiary/aromatic N) is 6. The van der Waals surface area contributed by atoms with Gasteiger partial charge >= 0.3 is 0 Å². The number of phenolic OH excluding ortho intramolecular Hbond substituents is 1. The molecule has 4 rings (SSSR count). The molecule has 0 amide bonds. The van der Waals surface area contributed by atoms with Crippen molar-refractivity contribution in [3.8, 4) is 5.75 Å². The smallest absolute Gasteiger partial charge is 0.194 e. The molecule has 2 aromatic heterocycles. The number of thiophene rings is 1. The van der Waals surface area contributed by atoms with Gasteiger partial charge in [0.2, 0.25) is 0 Å². The summed E-state index contributed by atoms with van der Waals surface area (Å²) >= 11 is 1.78. The minimum atomic E-state index is 0.330. The lowest BCUT2D eigenvalue weighted by molar-refractivity contribution is 0.369. The van der Waals surface area contributed by atoms with Crippen molar-refractivity contribution in [2.75, 3.05) is 37.6 Å². The van der Waals surface area contributed by atoms with Crippen molar-refractivity contribution in [1.29, 1.82) is 0 Å². The van der Waals surface area contributed by atoms with E-state index >= 15 is 0 Å². The van der Waals surface area contributed by atoms with E-state index in [1.54, 1.807) is 17.4 Å². The summed E-state index contributed by atoms with van der Waals surface area (Å²) in [6.07, 6.45) is 0.970. The number of piperazine rings is 1. The Morgan fingerprint density at radius 2 is 1.94 bits per heavy atom. The van der Waals surface area contributed by atoms with Crippen molar-refractivity contribution in [2.45, 2.75) is 19.9 Å². The van der Waals surface area contributed by atoms with Crippen LogP contribution in [0.1, 0.15) is 16.5 Å². The molecule has 1 fully saturated rings. The summed E-state index contributed by atoms with van der Waals surface area (Å²) in [6, 6.07) is 11.8. The fourth-order valence-electron chi connectivity index (χ4n) is 3.65. The molecule has 0 saturated carbocycles. The van der Waals surface area contributed by atoms with Gasteiger partial charge in [-0.05, 0) is 36.9 Å². The molecule has 31 heavy (non-hydrogen) atoms. The van der Waals surface area contributed by atoms with E-state index in [-0.39, 0.29) is 0 Å². The molecule has 0 bridgehead atoms. The Morgan fingerprint density at radius 1 is 1.13 bits per heavy atom. The van der Waals surface area contributed by atoms with Crippen LogP contribution in [0.5, 0.6) is 5.75 Å². The zero-order valence-corrected chi connectivity index (χ0v) is 18.8. The summed E-state index contributed by atoms with van der Waals surface area (Å²) in [5.41, 5.74) is 0.890. The largest absolute Gasteiger partial charge is 0.506 e. The van der Waals surface area contributed by atoms with Crippen LogP contribution in [0.15, 0.2) is 46.8 Å². The van der Waals surface area contributed by atoms with Gasteiger partial charge in [0.25, 0.3) is 0 Å². The molecule has 8 nitrogen and oxygen atoms in total. The number of phenols is 1. The van der Waals surface area contributed by atoms with Crippen LogP contribution < -0.4 is 10.2 Å². The van der Waals surface area contributed by atoms with Crippen LogP contribution in [0.25, 0.3) is 0 Å². The molecule has 0 radical (unpaired) electrons. The zero-order valence-electron chi connectivity index (χ0n) is 18.0. The molecule has 0 unspecified atom stereocenters. The highest BCUT2D eigenvalue weighted by atomic mass is 32.1. The third-order valence-electron chi connectivity index (χ3n) is 5.59. The average Bonchev–Trinajstić information content (AvgIpc) is 3.42. The number of aryl methyl sites for hydroxylation is 1. The Labute approximate surface area is 186 Å². The van der Waals surface area contributed by atoms with Gasteiger partial charge < -0.3 is 24.8 Å². The first-order valence-corrected chi connectivity index (χ1v) is 11.4. The summed E-state index contributed by atoms with van der Waals surface area (Å²) in [5.74, 6) is 2.96. The van der Waals surface area contributed by atoms with Crippen molar-refractivity contribution in [1.82, 2.24) is 25.0 Å². The predicted octanol–water partition coefficient (Wildman–Crippen LogP) is 2.40. The molecular formula is C22H29N7OS. The number of hydrogen-bond donors (Lipinski definition) is 2. The van der Waals surface area contributed by atoms with E-state index in [1.165, 1.54) is 4.88 Å². The maximum atomic E-state index is 10.2. The van der Waals surface area contributed by atoms with Gasteiger partial charge in [-0.3, -0.25) is 0 Å². The number of aromatic hydroxyl groups is 1. The second-order valence-electron chi connectivity index (χ2n) is 7.58. The summed E-state index contributed by atoms with van der Waals surface area (Å²) in [4.78, 5) is 10.7. The van der Waals surface area contributed by atoms with Gasteiger partial charge in [0, 0.05) is 44.6 Å². The van der Waals surface area contributed by atoms with E-state index in [1.807, 2.05) is 36.7 Å². The van der Waals surface area contributed by atoms with Crippen molar-refractivity contribution in [3.05, 3.63) is 58.3 Å². The van der Waals surface area contributed by atoms with Crippen LogP contribution in [0.4, 0.5) is 5.69 Å². The summed E-state index contributed by atoms with van der Waals surface area (Å²) in [6.45, 7) is 6.57. The Hall–Kier alpha value is -3.07. The van der Waals surface area contributed by atoms with Gasteiger partial charge in [0.1, 0.15) is 18.1 Å². The maximum absolute atomic E-state index is 10.2. The number of anilines is 1. The third-order valence-corrected chi connectivity index (χ3v) is 6.53. The van der Waals surface area contributed by atoms with Crippen molar-refractivity contribution < 1.29 is 5.11 Å². The Morgan fingerprint density at radius 3 is 2.61 bits per heavy atom. The highest BCUT2D eigenvalue weighted by molar-refractivity contribution is 7.09. The van der Waals surface area contributed by atoms with Crippen LogP contribution in [0, 0.1) is 6.92 Å². The SMILES string of the molecule is Cc1nnc(CN=C(NCCc2cccs2)N2CCN(c3ccccc3O)CC2)n1C. The number of para-hydroxylation sites is 2. The first kappa shape index (κ1) is 21.2. The molecule has 9 heteroatoms. The number of benzene rings is 1. The lowest BCUT2D eigenvalue weighted by Gasteiger charge is -2.38. The Balaban J connectivity index is 1.42. The van der Waals surface area contributed by atoms with Gasteiger partial charge in [-0.15, -0.1) is 21.5 Å². The number of guanidine groups is 1. The minimum Gasteiger partial charge on any atom is -0.506 e. The Kier molecular flexibility index (Phi) is 6.71. The second kappa shape index (κ2) is 9.82. The molecule has 1 aliphatic rings. The van der Waals surface area contributed by atoms with Crippen molar-refractivity contribution in [3.63, 3.8) is 0 Å². The zero-order chi connectivity index (χ0) is 21.6. The monoisotopic (exact) mass is 439 g/mol. The number of aliphatic imine (C=N–C) groups is 1. The van der Waals surface area contributed by atoms with E-state index in [2.05, 4.69) is 42.8 Å². The lowest BCUT2D eigenvalue weighted by Crippen LogP contribution is -2.53. The van der Waals surface area contributed by atoms with Crippen LogP contribution in [0.3, 0.4) is 0 Å². The van der Waals surface area contributed by atoms with E-state index in [4.69, 9.17) is 4.99 Å². The Bertz CT molecular complexity index is 1010. The molecule has 0 spiro atoms. The van der Waals surface area contributed by atoms with E-state index in [9.17, 15) is 5.11 Å². The quantitative estimate of drug-likeness (QED) is 0.453. The fraction of sp³-hybridized carbons (Fsp3) is 0.409. The van der Waals surface area contributed by atoms with Gasteiger partial charge in [0.05, 0.1) is 5.69 Å². The number of nitrogens with one attached hydrogen (secondary N) is 1. The van der Waals surface area contributed by atoms with E-state index < -0.39 is 0 Å². The maximum Gasteiger partial charge on any atom is 0.194 e. The molecule has 1 saturated heterocycles. The molecule has 3 aromatic rings. The summed E-state index contributed by atoms with van der Waals surface area (Å²) < 4.78 is 1.98. The standard InChI is InChI=1S/C22H29N7OS/c1-17-25-26-21(27(17)2)16-24-22(23-10-9-18-6-5-15-31-18)29-13-11-28(12-14-29)19-7-3-4-8-20(19)30/h3-8,15,30H,9-14,16H2,1-2H3,(H,23,24).